The number of rotatable bonds is 7. The SMILES string of the molecule is COc1ccc(Cc2nc3cc(Cl)cc(CC(N)=O)c3o2)cc1OC1CCCC1.O=C(n1ccnc1)n1ccnc1. The quantitative estimate of drug-likeness (QED) is 0.284. The van der Waals surface area contributed by atoms with Crippen LogP contribution in [0.2, 0.25) is 5.02 Å². The van der Waals surface area contributed by atoms with Crippen LogP contribution in [0.5, 0.6) is 11.5 Å². The number of oxazole rings is 1. The predicted octanol–water partition coefficient (Wildman–Crippen LogP) is 5.03. The molecule has 5 aromatic rings. The molecule has 0 radical (unpaired) electrons. The van der Waals surface area contributed by atoms with Gasteiger partial charge in [0.25, 0.3) is 0 Å². The van der Waals surface area contributed by atoms with Gasteiger partial charge in [0, 0.05) is 41.8 Å². The Labute approximate surface area is 240 Å². The number of carbonyl (C=O) groups excluding carboxylic acids is 2. The van der Waals surface area contributed by atoms with Crippen LogP contribution in [0.3, 0.4) is 0 Å². The summed E-state index contributed by atoms with van der Waals surface area (Å²) in [5.41, 5.74) is 8.12. The third-order valence-corrected chi connectivity index (χ3v) is 6.79. The van der Waals surface area contributed by atoms with E-state index < -0.39 is 5.91 Å². The summed E-state index contributed by atoms with van der Waals surface area (Å²) in [5, 5.41) is 0.491. The summed E-state index contributed by atoms with van der Waals surface area (Å²) in [5.74, 6) is 1.54. The summed E-state index contributed by atoms with van der Waals surface area (Å²) >= 11 is 6.15. The molecule has 212 valence electrons. The molecule has 11 nitrogen and oxygen atoms in total. The monoisotopic (exact) mass is 576 g/mol. The number of hydrogen-bond acceptors (Lipinski definition) is 8. The lowest BCUT2D eigenvalue weighted by Gasteiger charge is -2.16. The highest BCUT2D eigenvalue weighted by atomic mass is 35.5. The molecule has 1 aliphatic rings. The number of benzene rings is 2. The smallest absolute Gasteiger partial charge is 0.338 e. The standard InChI is InChI=1S/C22H23ClN2O4.C7H6N4O/c1-27-18-7-6-13(8-19(18)28-16-4-2-3-5-16)9-21-25-17-12-15(23)10-14(11-20(24)26)22(17)29-21;12-7(10-3-1-8-5-10)11-4-2-9-6-11/h6-8,10,12,16H,2-5,9,11H2,1H3,(H2,24,26);1-6H. The molecule has 0 saturated heterocycles. The third-order valence-electron chi connectivity index (χ3n) is 6.57. The molecular formula is C29H29ClN6O5. The lowest BCUT2D eigenvalue weighted by atomic mass is 10.1. The van der Waals surface area contributed by atoms with Crippen LogP contribution in [-0.2, 0) is 17.6 Å². The van der Waals surface area contributed by atoms with E-state index in [9.17, 15) is 9.59 Å². The highest BCUT2D eigenvalue weighted by Gasteiger charge is 2.19. The molecule has 2 aromatic carbocycles. The fraction of sp³-hybridized carbons (Fsp3) is 0.276. The Balaban J connectivity index is 0.000000234. The molecule has 1 saturated carbocycles. The Morgan fingerprint density at radius 2 is 1.76 bits per heavy atom. The fourth-order valence-electron chi connectivity index (χ4n) is 4.67. The Kier molecular flexibility index (Phi) is 8.64. The zero-order valence-corrected chi connectivity index (χ0v) is 23.2. The van der Waals surface area contributed by atoms with Gasteiger partial charge in [-0.3, -0.25) is 13.9 Å². The molecule has 0 atom stereocenters. The van der Waals surface area contributed by atoms with E-state index in [0.29, 0.717) is 39.7 Å². The Morgan fingerprint density at radius 3 is 2.37 bits per heavy atom. The lowest BCUT2D eigenvalue weighted by molar-refractivity contribution is -0.117. The minimum Gasteiger partial charge on any atom is -0.493 e. The van der Waals surface area contributed by atoms with Crippen LogP contribution >= 0.6 is 11.6 Å². The minimum absolute atomic E-state index is 0.0492. The summed E-state index contributed by atoms with van der Waals surface area (Å²) in [6.07, 6.45) is 14.5. The highest BCUT2D eigenvalue weighted by molar-refractivity contribution is 6.31. The maximum absolute atomic E-state index is 11.4. The summed E-state index contributed by atoms with van der Waals surface area (Å²) in [7, 11) is 1.64. The minimum atomic E-state index is -0.449. The van der Waals surface area contributed by atoms with Gasteiger partial charge in [-0.05, 0) is 55.5 Å². The van der Waals surface area contributed by atoms with Gasteiger partial charge in [0.1, 0.15) is 18.2 Å². The number of fused-ring (bicyclic) bond motifs is 1. The first-order chi connectivity index (χ1) is 19.9. The van der Waals surface area contributed by atoms with E-state index in [1.54, 1.807) is 44.0 Å². The van der Waals surface area contributed by atoms with Crippen molar-refractivity contribution in [1.82, 2.24) is 24.1 Å². The van der Waals surface area contributed by atoms with Gasteiger partial charge in [-0.25, -0.2) is 19.7 Å². The molecule has 0 unspecified atom stereocenters. The van der Waals surface area contributed by atoms with Gasteiger partial charge in [-0.15, -0.1) is 0 Å². The molecule has 0 spiro atoms. The van der Waals surface area contributed by atoms with Crippen molar-refractivity contribution in [3.05, 3.63) is 89.8 Å². The number of amides is 1. The zero-order valence-electron chi connectivity index (χ0n) is 22.4. The number of aromatic nitrogens is 5. The molecule has 3 aromatic heterocycles. The first-order valence-corrected chi connectivity index (χ1v) is 13.5. The van der Waals surface area contributed by atoms with Gasteiger partial charge in [0.15, 0.2) is 23.0 Å². The molecule has 1 fully saturated rings. The van der Waals surface area contributed by atoms with E-state index in [-0.39, 0.29) is 18.6 Å². The van der Waals surface area contributed by atoms with Crippen LogP contribution in [-0.4, -0.2) is 49.2 Å². The summed E-state index contributed by atoms with van der Waals surface area (Å²) < 4.78 is 20.3. The van der Waals surface area contributed by atoms with E-state index in [2.05, 4.69) is 15.0 Å². The van der Waals surface area contributed by atoms with Crippen molar-refractivity contribution in [3.63, 3.8) is 0 Å². The average molecular weight is 577 g/mol. The largest absolute Gasteiger partial charge is 0.493 e. The molecule has 12 heteroatoms. The maximum atomic E-state index is 11.4. The first kappa shape index (κ1) is 27.9. The Bertz CT molecular complexity index is 1590. The first-order valence-electron chi connectivity index (χ1n) is 13.1. The van der Waals surface area contributed by atoms with Crippen LogP contribution in [0, 0.1) is 0 Å². The van der Waals surface area contributed by atoms with Crippen molar-refractivity contribution in [2.24, 2.45) is 5.73 Å². The van der Waals surface area contributed by atoms with E-state index >= 15 is 0 Å². The number of hydrogen-bond donors (Lipinski definition) is 1. The molecule has 2 N–H and O–H groups in total. The normalized spacial score (nSPS) is 13.1. The molecule has 1 amide bonds. The average Bonchev–Trinajstić information content (AvgIpc) is 3.77. The van der Waals surface area contributed by atoms with Crippen LogP contribution in [0.15, 0.2) is 72.2 Å². The summed E-state index contributed by atoms with van der Waals surface area (Å²) in [6.45, 7) is 0. The number of halogens is 1. The molecule has 0 bridgehead atoms. The number of methoxy groups -OCH3 is 1. The van der Waals surface area contributed by atoms with Gasteiger partial charge < -0.3 is 19.6 Å². The van der Waals surface area contributed by atoms with Crippen molar-refractivity contribution >= 4 is 34.6 Å². The van der Waals surface area contributed by atoms with Crippen molar-refractivity contribution in [1.29, 1.82) is 0 Å². The number of nitrogens with zero attached hydrogens (tertiary/aromatic N) is 5. The van der Waals surface area contributed by atoms with E-state index in [1.165, 1.54) is 34.6 Å². The van der Waals surface area contributed by atoms with Gasteiger partial charge in [-0.2, -0.15) is 0 Å². The Morgan fingerprint density at radius 1 is 1.05 bits per heavy atom. The van der Waals surface area contributed by atoms with Crippen LogP contribution in [0.4, 0.5) is 4.79 Å². The second-order valence-corrected chi connectivity index (χ2v) is 10.0. The zero-order chi connectivity index (χ0) is 28.8. The molecule has 41 heavy (non-hydrogen) atoms. The van der Waals surface area contributed by atoms with Crippen molar-refractivity contribution in [2.45, 2.75) is 44.6 Å². The van der Waals surface area contributed by atoms with Gasteiger partial charge in [0.2, 0.25) is 5.91 Å². The van der Waals surface area contributed by atoms with Crippen LogP contribution < -0.4 is 15.2 Å². The van der Waals surface area contributed by atoms with E-state index in [4.69, 9.17) is 31.2 Å². The van der Waals surface area contributed by atoms with E-state index in [0.717, 1.165) is 24.2 Å². The summed E-state index contributed by atoms with van der Waals surface area (Å²) in [4.78, 5) is 34.8. The van der Waals surface area contributed by atoms with Crippen molar-refractivity contribution < 1.29 is 23.5 Å². The Hall–Kier alpha value is -4.64. The number of primary amides is 1. The van der Waals surface area contributed by atoms with Gasteiger partial charge in [-0.1, -0.05) is 17.7 Å². The molecule has 0 aliphatic heterocycles. The van der Waals surface area contributed by atoms with E-state index in [1.807, 2.05) is 18.2 Å². The third kappa shape index (κ3) is 6.93. The van der Waals surface area contributed by atoms with Gasteiger partial charge >= 0.3 is 6.03 Å². The summed E-state index contributed by atoms with van der Waals surface area (Å²) in [6, 6.07) is 9.06. The predicted molar refractivity (Wildman–Crippen MR) is 151 cm³/mol. The van der Waals surface area contributed by atoms with Crippen LogP contribution in [0.25, 0.3) is 11.1 Å². The molecule has 6 rings (SSSR count). The van der Waals surface area contributed by atoms with Gasteiger partial charge in [0.05, 0.1) is 19.6 Å². The van der Waals surface area contributed by atoms with Crippen molar-refractivity contribution in [3.8, 4) is 11.5 Å². The van der Waals surface area contributed by atoms with Crippen LogP contribution in [0.1, 0.15) is 42.7 Å². The second-order valence-electron chi connectivity index (χ2n) is 9.57. The lowest BCUT2D eigenvalue weighted by Crippen LogP contribution is -2.15. The highest BCUT2D eigenvalue weighted by Crippen LogP contribution is 2.33. The number of carbonyl (C=O) groups is 2. The number of ether oxygens (including phenoxy) is 2. The topological polar surface area (TPSA) is 140 Å². The second kappa shape index (κ2) is 12.7. The van der Waals surface area contributed by atoms with Crippen molar-refractivity contribution in [2.75, 3.05) is 7.11 Å². The number of nitrogens with two attached hydrogens (primary N) is 1. The molecular weight excluding hydrogens is 548 g/mol. The number of imidazole rings is 2. The molecule has 1 aliphatic carbocycles. The molecule has 3 heterocycles. The fourth-order valence-corrected chi connectivity index (χ4v) is 4.90. The maximum Gasteiger partial charge on any atom is 0.338 e.